The summed E-state index contributed by atoms with van der Waals surface area (Å²) in [6.07, 6.45) is -0.934. The topological polar surface area (TPSA) is 80.8 Å². The molecule has 3 aromatic carbocycles. The Morgan fingerprint density at radius 2 is 1.46 bits per heavy atom. The number of fused-ring (bicyclic) bond motifs is 3. The summed E-state index contributed by atoms with van der Waals surface area (Å²) in [7, 11) is 0. The minimum atomic E-state index is -2.06. The lowest BCUT2D eigenvalue weighted by Crippen LogP contribution is -2.51. The van der Waals surface area contributed by atoms with Crippen molar-refractivity contribution in [1.29, 1.82) is 0 Å². The summed E-state index contributed by atoms with van der Waals surface area (Å²) in [5.74, 6) is -4.45. The van der Waals surface area contributed by atoms with E-state index in [0.29, 0.717) is 11.3 Å². The third-order valence-electron chi connectivity index (χ3n) is 6.99. The highest BCUT2D eigenvalue weighted by atomic mass is 79.9. The maximum absolute atomic E-state index is 13.8. The Hall–Kier alpha value is -3.13. The number of halogens is 2. The third-order valence-corrected chi connectivity index (χ3v) is 7.48. The molecule has 0 saturated carbocycles. The molecule has 3 aromatic rings. The van der Waals surface area contributed by atoms with E-state index in [9.17, 15) is 19.2 Å². The molecule has 0 radical (unpaired) electrons. The Morgan fingerprint density at radius 3 is 2.06 bits per heavy atom. The zero-order valence-electron chi connectivity index (χ0n) is 18.4. The molecule has 0 bridgehead atoms. The first-order chi connectivity index (χ1) is 16.3. The predicted octanol–water partition coefficient (Wildman–Crippen LogP) is 4.87. The van der Waals surface area contributed by atoms with Crippen LogP contribution in [-0.2, 0) is 14.3 Å². The minimum Gasteiger partial charge on any atom is -0.349 e. The summed E-state index contributed by atoms with van der Waals surface area (Å²) in [5, 5.41) is 0. The van der Waals surface area contributed by atoms with E-state index in [4.69, 9.17) is 4.74 Å². The van der Waals surface area contributed by atoms with Crippen LogP contribution in [0.4, 0.5) is 5.69 Å². The standard InChI is InChI=1S/C27H18BrNO5.ClH/c1-14-9-11-17(12-10-14)29-25(32)20-21(26(29)33)27(34-22(20)15-5-4-6-16(28)13-15)23(30)18-7-2-3-8-19(18)24(27)31;/h2-13,20-22H,1H3;1H. The van der Waals surface area contributed by atoms with E-state index in [0.717, 1.165) is 14.9 Å². The third kappa shape index (κ3) is 3.12. The number of hydrogen-bond donors (Lipinski definition) is 0. The molecule has 0 N–H and O–H groups in total. The monoisotopic (exact) mass is 551 g/mol. The predicted molar refractivity (Wildman–Crippen MR) is 134 cm³/mol. The highest BCUT2D eigenvalue weighted by Gasteiger charge is 2.74. The molecule has 3 aliphatic rings. The molecule has 2 fully saturated rings. The number of ketones is 2. The van der Waals surface area contributed by atoms with Crippen molar-refractivity contribution in [2.45, 2.75) is 18.6 Å². The summed E-state index contributed by atoms with van der Waals surface area (Å²) < 4.78 is 7.04. The van der Waals surface area contributed by atoms with E-state index in [1.165, 1.54) is 0 Å². The van der Waals surface area contributed by atoms with E-state index in [1.807, 2.05) is 25.1 Å². The van der Waals surface area contributed by atoms with Gasteiger partial charge in [-0.25, -0.2) is 4.90 Å². The smallest absolute Gasteiger partial charge is 0.241 e. The second-order valence-electron chi connectivity index (χ2n) is 8.88. The summed E-state index contributed by atoms with van der Waals surface area (Å²) in [4.78, 5) is 56.2. The number of carbonyl (C=O) groups excluding carboxylic acids is 4. The molecule has 1 aliphatic carbocycles. The van der Waals surface area contributed by atoms with Crippen LogP contribution in [0, 0.1) is 18.8 Å². The summed E-state index contributed by atoms with van der Waals surface area (Å²) >= 11 is 3.43. The van der Waals surface area contributed by atoms with Crippen LogP contribution in [0.3, 0.4) is 0 Å². The van der Waals surface area contributed by atoms with Gasteiger partial charge in [-0.2, -0.15) is 0 Å². The number of amides is 2. The van der Waals surface area contributed by atoms with Gasteiger partial charge in [0.2, 0.25) is 29.0 Å². The zero-order valence-corrected chi connectivity index (χ0v) is 20.8. The first-order valence-corrected chi connectivity index (χ1v) is 11.7. The van der Waals surface area contributed by atoms with Crippen molar-refractivity contribution in [2.75, 3.05) is 4.90 Å². The van der Waals surface area contributed by atoms with Crippen LogP contribution in [0.5, 0.6) is 0 Å². The second kappa shape index (κ2) is 8.22. The molecule has 2 amide bonds. The molecule has 1 spiro atoms. The van der Waals surface area contributed by atoms with Crippen molar-refractivity contribution >= 4 is 57.4 Å². The van der Waals surface area contributed by atoms with Gasteiger partial charge in [-0.05, 0) is 36.8 Å². The number of rotatable bonds is 2. The number of ether oxygens (including phenoxy) is 1. The van der Waals surface area contributed by atoms with Crippen molar-refractivity contribution in [2.24, 2.45) is 11.8 Å². The molecular weight excluding hydrogens is 534 g/mol. The van der Waals surface area contributed by atoms with Gasteiger partial charge >= 0.3 is 0 Å². The molecule has 35 heavy (non-hydrogen) atoms. The molecule has 2 saturated heterocycles. The SMILES string of the molecule is Cc1ccc(N2C(=O)C3C(c4cccc(Br)c4)OC4(C(=O)c5ccccc5C4=O)C3C2=O)cc1.Cl. The normalized spacial score (nSPS) is 24.1. The van der Waals surface area contributed by atoms with Crippen LogP contribution in [0.15, 0.2) is 77.3 Å². The lowest BCUT2D eigenvalue weighted by atomic mass is 9.77. The van der Waals surface area contributed by atoms with Crippen molar-refractivity contribution < 1.29 is 23.9 Å². The number of Topliss-reactive ketones (excluding diaryl/α,β-unsaturated/α-hetero) is 2. The van der Waals surface area contributed by atoms with E-state index in [1.54, 1.807) is 54.6 Å². The van der Waals surface area contributed by atoms with Crippen LogP contribution in [0.25, 0.3) is 0 Å². The fraction of sp³-hybridized carbons (Fsp3) is 0.185. The average Bonchev–Trinajstić information content (AvgIpc) is 3.40. The largest absolute Gasteiger partial charge is 0.349 e. The van der Waals surface area contributed by atoms with Crippen molar-refractivity contribution in [3.05, 3.63) is 99.5 Å². The molecule has 6 nitrogen and oxygen atoms in total. The van der Waals surface area contributed by atoms with Crippen LogP contribution in [0.2, 0.25) is 0 Å². The molecule has 176 valence electrons. The van der Waals surface area contributed by atoms with Gasteiger partial charge in [-0.1, -0.05) is 70.0 Å². The van der Waals surface area contributed by atoms with Gasteiger partial charge in [0.1, 0.15) is 0 Å². The van der Waals surface area contributed by atoms with E-state index in [2.05, 4.69) is 15.9 Å². The first kappa shape index (κ1) is 23.6. The fourth-order valence-electron chi connectivity index (χ4n) is 5.45. The van der Waals surface area contributed by atoms with Crippen molar-refractivity contribution in [3.63, 3.8) is 0 Å². The van der Waals surface area contributed by atoms with Gasteiger partial charge in [0.25, 0.3) is 0 Å². The van der Waals surface area contributed by atoms with E-state index >= 15 is 0 Å². The zero-order chi connectivity index (χ0) is 23.8. The summed E-state index contributed by atoms with van der Waals surface area (Å²) in [6, 6.07) is 20.6. The second-order valence-corrected chi connectivity index (χ2v) is 9.80. The molecule has 0 aromatic heterocycles. The molecule has 8 heteroatoms. The molecule has 2 aliphatic heterocycles. The van der Waals surface area contributed by atoms with Gasteiger partial charge in [-0.15, -0.1) is 12.4 Å². The lowest BCUT2D eigenvalue weighted by molar-refractivity contribution is -0.127. The Bertz CT molecular complexity index is 1380. The number of imide groups is 1. The Kier molecular flexibility index (Phi) is 5.55. The Morgan fingerprint density at radius 1 is 0.829 bits per heavy atom. The van der Waals surface area contributed by atoms with Gasteiger partial charge in [0, 0.05) is 15.6 Å². The van der Waals surface area contributed by atoms with Gasteiger partial charge in [-0.3, -0.25) is 19.2 Å². The number of hydrogen-bond acceptors (Lipinski definition) is 5. The average molecular weight is 553 g/mol. The molecular formula is C27H19BrClNO5. The summed E-state index contributed by atoms with van der Waals surface area (Å²) in [5.41, 5.74) is 0.378. The molecule has 3 atom stereocenters. The molecule has 3 unspecified atom stereocenters. The van der Waals surface area contributed by atoms with Crippen molar-refractivity contribution in [3.8, 4) is 0 Å². The summed E-state index contributed by atoms with van der Waals surface area (Å²) in [6.45, 7) is 1.91. The Balaban J connectivity index is 0.00000253. The van der Waals surface area contributed by atoms with Gasteiger partial charge in [0.05, 0.1) is 23.6 Å². The number of benzene rings is 3. The van der Waals surface area contributed by atoms with Gasteiger partial charge < -0.3 is 4.74 Å². The van der Waals surface area contributed by atoms with Crippen LogP contribution < -0.4 is 4.90 Å². The molecule has 6 rings (SSSR count). The fourth-order valence-corrected chi connectivity index (χ4v) is 5.87. The highest BCUT2D eigenvalue weighted by Crippen LogP contribution is 2.57. The van der Waals surface area contributed by atoms with Gasteiger partial charge in [0.15, 0.2) is 0 Å². The van der Waals surface area contributed by atoms with Crippen LogP contribution >= 0.6 is 28.3 Å². The number of anilines is 1. The lowest BCUT2D eigenvalue weighted by Gasteiger charge is -2.27. The number of carbonyl (C=O) groups is 4. The Labute approximate surface area is 215 Å². The molecule has 2 heterocycles. The maximum atomic E-state index is 13.8. The van der Waals surface area contributed by atoms with E-state index < -0.39 is 46.9 Å². The van der Waals surface area contributed by atoms with Crippen LogP contribution in [-0.4, -0.2) is 29.0 Å². The minimum absolute atomic E-state index is 0. The number of aryl methyl sites for hydroxylation is 1. The highest BCUT2D eigenvalue weighted by molar-refractivity contribution is 9.10. The van der Waals surface area contributed by atoms with Crippen molar-refractivity contribution in [1.82, 2.24) is 0 Å². The van der Waals surface area contributed by atoms with E-state index in [-0.39, 0.29) is 23.5 Å². The quantitative estimate of drug-likeness (QED) is 0.335. The van der Waals surface area contributed by atoms with Crippen LogP contribution in [0.1, 0.15) is 37.9 Å². The first-order valence-electron chi connectivity index (χ1n) is 10.9. The maximum Gasteiger partial charge on any atom is 0.241 e. The number of nitrogens with zero attached hydrogens (tertiary/aromatic N) is 1.